The van der Waals surface area contributed by atoms with Crippen LogP contribution in [0.15, 0.2) is 93.9 Å². The number of hydrogen-bond acceptors (Lipinski definition) is 8. The van der Waals surface area contributed by atoms with Gasteiger partial charge in [-0.15, -0.1) is 0 Å². The Balaban J connectivity index is 1.53. The van der Waals surface area contributed by atoms with Gasteiger partial charge in [0.25, 0.3) is 5.56 Å². The van der Waals surface area contributed by atoms with E-state index in [-0.39, 0.29) is 12.2 Å². The van der Waals surface area contributed by atoms with E-state index in [2.05, 4.69) is 11.1 Å². The standard InChI is InChI=1S/C31H25N3O5S/c1-19-27(30(36)38-3)28(21-9-5-4-6-10-21)34-29(35)26(40-31(34)33-19)16-20-13-14-24(25(15-20)37-2)39-18-23-12-8-7-11-22(23)17-32/h4-16,28H,18H2,1-3H3. The van der Waals surface area contributed by atoms with Crippen LogP contribution in [-0.2, 0) is 16.1 Å². The minimum atomic E-state index is -0.659. The van der Waals surface area contributed by atoms with Crippen molar-refractivity contribution in [2.75, 3.05) is 14.2 Å². The zero-order valence-electron chi connectivity index (χ0n) is 22.1. The van der Waals surface area contributed by atoms with Crippen LogP contribution in [0.1, 0.15) is 35.2 Å². The highest BCUT2D eigenvalue weighted by molar-refractivity contribution is 7.07. The van der Waals surface area contributed by atoms with Crippen molar-refractivity contribution in [2.45, 2.75) is 19.6 Å². The number of fused-ring (bicyclic) bond motifs is 1. The zero-order valence-corrected chi connectivity index (χ0v) is 22.9. The minimum Gasteiger partial charge on any atom is -0.493 e. The molecule has 0 aliphatic carbocycles. The molecular formula is C31H25N3O5S. The summed E-state index contributed by atoms with van der Waals surface area (Å²) in [6.45, 7) is 1.96. The number of hydrogen-bond donors (Lipinski definition) is 0. The van der Waals surface area contributed by atoms with Crippen LogP contribution >= 0.6 is 11.3 Å². The van der Waals surface area contributed by atoms with E-state index in [0.29, 0.717) is 37.7 Å². The van der Waals surface area contributed by atoms with Crippen LogP contribution < -0.4 is 24.4 Å². The summed E-state index contributed by atoms with van der Waals surface area (Å²) in [4.78, 5) is 31.6. The van der Waals surface area contributed by atoms with E-state index >= 15 is 0 Å². The number of nitriles is 1. The van der Waals surface area contributed by atoms with Crippen LogP contribution in [-0.4, -0.2) is 24.8 Å². The first-order valence-corrected chi connectivity index (χ1v) is 13.2. The quantitative estimate of drug-likeness (QED) is 0.323. The van der Waals surface area contributed by atoms with Crippen molar-refractivity contribution in [3.63, 3.8) is 0 Å². The normalized spacial score (nSPS) is 14.7. The Hall–Kier alpha value is -4.94. The third-order valence-corrected chi connectivity index (χ3v) is 7.53. The molecular weight excluding hydrogens is 526 g/mol. The molecule has 8 nitrogen and oxygen atoms in total. The summed E-state index contributed by atoms with van der Waals surface area (Å²) in [6.07, 6.45) is 1.76. The lowest BCUT2D eigenvalue weighted by atomic mass is 9.96. The van der Waals surface area contributed by atoms with Crippen molar-refractivity contribution >= 4 is 23.4 Å². The number of methoxy groups -OCH3 is 2. The maximum atomic E-state index is 13.7. The zero-order chi connectivity index (χ0) is 28.2. The van der Waals surface area contributed by atoms with Gasteiger partial charge in [-0.1, -0.05) is 65.9 Å². The van der Waals surface area contributed by atoms with Gasteiger partial charge in [-0.2, -0.15) is 5.26 Å². The van der Waals surface area contributed by atoms with Crippen LogP contribution in [0.2, 0.25) is 0 Å². The number of rotatable bonds is 7. The summed E-state index contributed by atoms with van der Waals surface area (Å²) in [5.41, 5.74) is 3.40. The summed E-state index contributed by atoms with van der Waals surface area (Å²) < 4.78 is 18.6. The van der Waals surface area contributed by atoms with Crippen LogP contribution in [0.4, 0.5) is 0 Å². The van der Waals surface area contributed by atoms with Crippen molar-refractivity contribution < 1.29 is 19.0 Å². The molecule has 0 N–H and O–H groups in total. The van der Waals surface area contributed by atoms with Gasteiger partial charge in [0.2, 0.25) is 0 Å². The molecule has 1 unspecified atom stereocenters. The first-order valence-electron chi connectivity index (χ1n) is 12.4. The molecule has 0 fully saturated rings. The lowest BCUT2D eigenvalue weighted by Crippen LogP contribution is -2.39. The van der Waals surface area contributed by atoms with Crippen LogP contribution in [0.3, 0.4) is 0 Å². The summed E-state index contributed by atoms with van der Waals surface area (Å²) in [7, 11) is 2.86. The van der Waals surface area contributed by atoms with Crippen LogP contribution in [0.5, 0.6) is 11.5 Å². The van der Waals surface area contributed by atoms with Crippen molar-refractivity contribution in [2.24, 2.45) is 4.99 Å². The maximum absolute atomic E-state index is 13.7. The molecule has 1 atom stereocenters. The molecule has 4 aromatic rings. The lowest BCUT2D eigenvalue weighted by Gasteiger charge is -2.24. The van der Waals surface area contributed by atoms with Gasteiger partial charge in [0.15, 0.2) is 16.3 Å². The van der Waals surface area contributed by atoms with Crippen molar-refractivity contribution in [1.82, 2.24) is 4.57 Å². The van der Waals surface area contributed by atoms with Gasteiger partial charge in [0, 0.05) is 5.56 Å². The highest BCUT2D eigenvalue weighted by Crippen LogP contribution is 2.31. The molecule has 2 heterocycles. The predicted molar refractivity (Wildman–Crippen MR) is 151 cm³/mol. The van der Waals surface area contributed by atoms with Crippen LogP contribution in [0, 0.1) is 11.3 Å². The van der Waals surface area contributed by atoms with Gasteiger partial charge < -0.3 is 14.2 Å². The number of carbonyl (C=O) groups is 1. The first-order chi connectivity index (χ1) is 19.4. The third kappa shape index (κ3) is 5.05. The molecule has 3 aromatic carbocycles. The monoisotopic (exact) mass is 551 g/mol. The Labute approximate surface area is 234 Å². The highest BCUT2D eigenvalue weighted by atomic mass is 32.1. The summed E-state index contributed by atoms with van der Waals surface area (Å²) in [5, 5.41) is 9.33. The topological polar surface area (TPSA) is 103 Å². The molecule has 1 aliphatic heterocycles. The number of aromatic nitrogens is 1. The van der Waals surface area contributed by atoms with Gasteiger partial charge in [-0.3, -0.25) is 9.36 Å². The number of allylic oxidation sites excluding steroid dienone is 1. The van der Waals surface area contributed by atoms with E-state index in [9.17, 15) is 14.9 Å². The van der Waals surface area contributed by atoms with Gasteiger partial charge in [-0.05, 0) is 42.3 Å². The largest absolute Gasteiger partial charge is 0.493 e. The van der Waals surface area contributed by atoms with E-state index < -0.39 is 12.0 Å². The predicted octanol–water partition coefficient (Wildman–Crippen LogP) is 3.87. The number of carbonyl (C=O) groups excluding carboxylic acids is 1. The van der Waals surface area contributed by atoms with E-state index in [1.165, 1.54) is 18.4 Å². The molecule has 0 spiro atoms. The van der Waals surface area contributed by atoms with E-state index in [0.717, 1.165) is 16.7 Å². The number of nitrogens with zero attached hydrogens (tertiary/aromatic N) is 3. The van der Waals surface area contributed by atoms with E-state index in [1.54, 1.807) is 48.9 Å². The van der Waals surface area contributed by atoms with Crippen molar-refractivity contribution in [3.05, 3.63) is 126 Å². The summed E-state index contributed by atoms with van der Waals surface area (Å²) in [5.74, 6) is 0.473. The molecule has 9 heteroatoms. The second kappa shape index (κ2) is 11.4. The molecule has 0 amide bonds. The summed E-state index contributed by atoms with van der Waals surface area (Å²) >= 11 is 1.25. The van der Waals surface area contributed by atoms with Crippen molar-refractivity contribution in [1.29, 1.82) is 5.26 Å². The molecule has 200 valence electrons. The molecule has 0 bridgehead atoms. The second-order valence-corrected chi connectivity index (χ2v) is 9.96. The van der Waals surface area contributed by atoms with E-state index in [4.69, 9.17) is 14.2 Å². The lowest BCUT2D eigenvalue weighted by molar-refractivity contribution is -0.136. The number of benzene rings is 3. The average Bonchev–Trinajstić information content (AvgIpc) is 3.29. The molecule has 1 aliphatic rings. The number of thiazole rings is 1. The number of ether oxygens (including phenoxy) is 3. The molecule has 5 rings (SSSR count). The van der Waals surface area contributed by atoms with Gasteiger partial charge in [0.05, 0.1) is 47.7 Å². The summed E-state index contributed by atoms with van der Waals surface area (Å²) in [6, 6.07) is 23.5. The Bertz CT molecular complexity index is 1850. The fraction of sp³-hybridized carbons (Fsp3) is 0.161. The van der Waals surface area contributed by atoms with Gasteiger partial charge in [0.1, 0.15) is 6.61 Å². The minimum absolute atomic E-state index is 0.208. The maximum Gasteiger partial charge on any atom is 0.338 e. The SMILES string of the molecule is COC(=O)C1=C(C)N=c2sc(=Cc3ccc(OCc4ccccc4C#N)c(OC)c3)c(=O)n2C1c1ccccc1. The van der Waals surface area contributed by atoms with E-state index in [1.807, 2.05) is 48.5 Å². The third-order valence-electron chi connectivity index (χ3n) is 6.55. The second-order valence-electron chi connectivity index (χ2n) is 8.95. The fourth-order valence-corrected chi connectivity index (χ4v) is 5.65. The Morgan fingerprint density at radius 2 is 1.82 bits per heavy atom. The average molecular weight is 552 g/mol. The van der Waals surface area contributed by atoms with Gasteiger partial charge >= 0.3 is 5.97 Å². The molecule has 0 saturated carbocycles. The van der Waals surface area contributed by atoms with Crippen molar-refractivity contribution in [3.8, 4) is 17.6 Å². The highest BCUT2D eigenvalue weighted by Gasteiger charge is 2.32. The molecule has 40 heavy (non-hydrogen) atoms. The van der Waals surface area contributed by atoms with Crippen LogP contribution in [0.25, 0.3) is 6.08 Å². The van der Waals surface area contributed by atoms with Gasteiger partial charge in [-0.25, -0.2) is 9.79 Å². The molecule has 0 saturated heterocycles. The Kier molecular flexibility index (Phi) is 7.62. The first kappa shape index (κ1) is 26.7. The Morgan fingerprint density at radius 3 is 2.55 bits per heavy atom. The fourth-order valence-electron chi connectivity index (χ4n) is 4.60. The smallest absolute Gasteiger partial charge is 0.338 e. The molecule has 1 aromatic heterocycles. The Morgan fingerprint density at radius 1 is 1.07 bits per heavy atom. The number of esters is 1. The molecule has 0 radical (unpaired) electrons.